The van der Waals surface area contributed by atoms with Crippen LogP contribution in [0.1, 0.15) is 27.7 Å². The summed E-state index contributed by atoms with van der Waals surface area (Å²) in [5.74, 6) is 0. The summed E-state index contributed by atoms with van der Waals surface area (Å²) in [7, 11) is -1.51. The van der Waals surface area contributed by atoms with Gasteiger partial charge in [-0.25, -0.2) is 0 Å². The van der Waals surface area contributed by atoms with E-state index in [0.717, 1.165) is 0 Å². The van der Waals surface area contributed by atoms with E-state index in [2.05, 4.69) is 135 Å². The summed E-state index contributed by atoms with van der Waals surface area (Å²) in [6.07, 6.45) is 11.7. The van der Waals surface area contributed by atoms with Crippen LogP contribution in [0.3, 0.4) is 0 Å². The van der Waals surface area contributed by atoms with Crippen molar-refractivity contribution in [2.45, 2.75) is 44.3 Å². The fraction of sp³-hybridized carbons (Fsp3) is 0.216. The van der Waals surface area contributed by atoms with E-state index >= 15 is 0 Å². The minimum Gasteiger partial charge on any atom is -0.260 e. The molecule has 42 heavy (non-hydrogen) atoms. The van der Waals surface area contributed by atoms with Gasteiger partial charge in [-0.1, -0.05) is 173 Å². The van der Waals surface area contributed by atoms with Gasteiger partial charge in [0.2, 0.25) is 0 Å². The second-order valence-corrected chi connectivity index (χ2v) is 17.2. The molecule has 0 fully saturated rings. The third-order valence-electron chi connectivity index (χ3n) is 6.87. The summed E-state index contributed by atoms with van der Waals surface area (Å²) in [6.45, 7) is 8.82. The predicted molar refractivity (Wildman–Crippen MR) is 189 cm³/mol. The molecule has 0 N–H and O–H groups in total. The molecule has 4 aromatic rings. The quantitative estimate of drug-likeness (QED) is 0.134. The first-order chi connectivity index (χ1) is 19.9. The Morgan fingerprint density at radius 3 is 0.881 bits per heavy atom. The zero-order valence-electron chi connectivity index (χ0n) is 25.2. The van der Waals surface area contributed by atoms with Crippen LogP contribution in [-0.4, -0.2) is 27.0 Å². The maximum absolute atomic E-state index is 10.3. The molecule has 1 aliphatic rings. The first-order valence-corrected chi connectivity index (χ1v) is 18.6. The van der Waals surface area contributed by atoms with Gasteiger partial charge in [0.1, 0.15) is 0 Å². The topological polar surface area (TPSA) is 17.1 Å². The van der Waals surface area contributed by atoms with Crippen molar-refractivity contribution >= 4 is 47.9 Å². The van der Waals surface area contributed by atoms with Crippen molar-refractivity contribution in [3.05, 3.63) is 152 Å². The summed E-state index contributed by atoms with van der Waals surface area (Å²) in [6, 6.07) is 44.5. The van der Waals surface area contributed by atoms with Crippen LogP contribution in [0.2, 0.25) is 0 Å². The summed E-state index contributed by atoms with van der Waals surface area (Å²) in [4.78, 5) is 0. The van der Waals surface area contributed by atoms with Crippen LogP contribution in [0.25, 0.3) is 0 Å². The molecule has 0 aromatic heterocycles. The number of hydrogen-bond donors (Lipinski definition) is 0. The van der Waals surface area contributed by atoms with Gasteiger partial charge in [-0.2, -0.15) is 0 Å². The third-order valence-corrected chi connectivity index (χ3v) is 14.4. The molecule has 5 heteroatoms. The largest absolute Gasteiger partial charge is 0.260 e. The molecule has 0 saturated heterocycles. The van der Waals surface area contributed by atoms with E-state index in [-0.39, 0.29) is 19.5 Å². The van der Waals surface area contributed by atoms with E-state index in [0.29, 0.717) is 16.6 Å². The minimum atomic E-state index is -0.617. The molecule has 1 unspecified atom stereocenters. The number of hydrogen-bond acceptors (Lipinski definition) is 1. The van der Waals surface area contributed by atoms with E-state index in [1.165, 1.54) is 21.2 Å². The fourth-order valence-electron chi connectivity index (χ4n) is 4.35. The first kappa shape index (κ1) is 36.2. The van der Waals surface area contributed by atoms with Crippen molar-refractivity contribution in [3.8, 4) is 0 Å². The molecule has 1 aliphatic carbocycles. The van der Waals surface area contributed by atoms with E-state index in [1.54, 1.807) is 6.26 Å². The van der Waals surface area contributed by atoms with Gasteiger partial charge >= 0.3 is 0 Å². The molecule has 1 radical (unpaired) electrons. The van der Waals surface area contributed by atoms with E-state index < -0.39 is 26.6 Å². The zero-order chi connectivity index (χ0) is 29.5. The predicted octanol–water partition coefficient (Wildman–Crippen LogP) is 8.12. The van der Waals surface area contributed by atoms with Crippen molar-refractivity contribution in [2.75, 3.05) is 6.26 Å². The molecule has 5 rings (SSSR count). The average molecular weight is 699 g/mol. The van der Waals surface area contributed by atoms with Gasteiger partial charge < -0.3 is 0 Å². The molecule has 0 spiro atoms. The summed E-state index contributed by atoms with van der Waals surface area (Å²) in [5.41, 5.74) is 1.10. The summed E-state index contributed by atoms with van der Waals surface area (Å²) in [5, 5.41) is 6.19. The Morgan fingerprint density at radius 2 is 0.714 bits per heavy atom. The van der Waals surface area contributed by atoms with Gasteiger partial charge in [0.05, 0.1) is 0 Å². The number of rotatable bonds is 8. The number of benzene rings is 4. The third kappa shape index (κ3) is 11.6. The van der Waals surface area contributed by atoms with Gasteiger partial charge in [-0.05, 0) is 48.4 Å². The van der Waals surface area contributed by atoms with Crippen molar-refractivity contribution < 1.29 is 23.7 Å². The Balaban J connectivity index is 0.000000433. The fourth-order valence-corrected chi connectivity index (χ4v) is 10.5. The summed E-state index contributed by atoms with van der Waals surface area (Å²) >= 11 is 0. The Kier molecular flexibility index (Phi) is 17.3. The van der Waals surface area contributed by atoms with E-state index in [4.69, 9.17) is 0 Å². The molecular formula is C37H43OP2RuS. The van der Waals surface area contributed by atoms with Crippen LogP contribution in [0, 0.1) is 6.42 Å². The molecule has 1 nitrogen and oxygen atoms in total. The van der Waals surface area contributed by atoms with Crippen molar-refractivity contribution in [1.82, 2.24) is 0 Å². The van der Waals surface area contributed by atoms with Gasteiger partial charge in [0.15, 0.2) is 0 Å². The SMILES string of the molecule is CC(C)S(C)=O.C[C@@H]([C@H](C)P(c1ccccc1)c1ccccc1)P(c1ccccc1)c1ccccc1.[CH]1C=CC=C1.[Ru]. The standard InChI is InChI=1S/C28H28P2.C5H5.C4H10OS.Ru/c1-23(29(25-15-7-3-8-16-25)26-17-9-4-10-18-26)24(2)30(27-19-11-5-12-20-27)28-21-13-6-14-22-28;1-2-4-5-3-1;1-4(2)6(3)5;/h3-24H,1-2H3;1-5H;4H,1-3H3;/t23-,24-;;;/m0.../s1. The van der Waals surface area contributed by atoms with Crippen LogP contribution in [0.4, 0.5) is 0 Å². The molecule has 0 amide bonds. The van der Waals surface area contributed by atoms with Crippen LogP contribution in [-0.2, 0) is 30.3 Å². The molecule has 0 aliphatic heterocycles. The van der Waals surface area contributed by atoms with Crippen molar-refractivity contribution in [3.63, 3.8) is 0 Å². The van der Waals surface area contributed by atoms with Gasteiger partial charge in [-0.3, -0.25) is 4.21 Å². The average Bonchev–Trinajstić information content (AvgIpc) is 3.61. The van der Waals surface area contributed by atoms with Crippen LogP contribution in [0.15, 0.2) is 146 Å². The second kappa shape index (κ2) is 20.0. The van der Waals surface area contributed by atoms with Gasteiger partial charge in [0, 0.05) is 48.2 Å². The molecular weight excluding hydrogens is 655 g/mol. The van der Waals surface area contributed by atoms with Crippen molar-refractivity contribution in [2.24, 2.45) is 0 Å². The zero-order valence-corrected chi connectivity index (χ0v) is 29.6. The monoisotopic (exact) mass is 699 g/mol. The van der Waals surface area contributed by atoms with Crippen LogP contribution < -0.4 is 21.2 Å². The van der Waals surface area contributed by atoms with Crippen molar-refractivity contribution in [1.29, 1.82) is 0 Å². The molecule has 4 aromatic carbocycles. The van der Waals surface area contributed by atoms with Crippen LogP contribution >= 0.6 is 15.8 Å². The Labute approximate surface area is 272 Å². The molecule has 0 bridgehead atoms. The molecule has 3 atom stereocenters. The summed E-state index contributed by atoms with van der Waals surface area (Å²) < 4.78 is 10.3. The van der Waals surface area contributed by atoms with E-state index in [9.17, 15) is 4.21 Å². The molecule has 0 saturated carbocycles. The molecule has 0 heterocycles. The maximum atomic E-state index is 10.3. The smallest absolute Gasteiger partial charge is 0.0288 e. The maximum Gasteiger partial charge on any atom is 0.0288 e. The first-order valence-electron chi connectivity index (χ1n) is 14.2. The Bertz CT molecular complexity index is 1170. The van der Waals surface area contributed by atoms with Gasteiger partial charge in [0.25, 0.3) is 0 Å². The van der Waals surface area contributed by atoms with Crippen LogP contribution in [0.5, 0.6) is 0 Å². The Hall–Kier alpha value is -2.01. The van der Waals surface area contributed by atoms with Gasteiger partial charge in [-0.15, -0.1) is 0 Å². The second-order valence-electron chi connectivity index (χ2n) is 10.1. The Morgan fingerprint density at radius 1 is 0.476 bits per heavy atom. The van der Waals surface area contributed by atoms with E-state index in [1.807, 2.05) is 44.6 Å². The normalized spacial score (nSPS) is 13.8. The number of allylic oxidation sites excluding steroid dienone is 4. The minimum absolute atomic E-state index is 0. The molecule has 221 valence electrons.